The number of nitrogens with two attached hydrogens (primary N) is 1. The predicted molar refractivity (Wildman–Crippen MR) is 67.4 cm³/mol. The minimum atomic E-state index is 0.452. The maximum Gasteiger partial charge on any atom is 0.112 e. The molecule has 1 heterocycles. The number of fused-ring (bicyclic) bond motifs is 1. The molecule has 16 heavy (non-hydrogen) atoms. The fourth-order valence-electron chi connectivity index (χ4n) is 2.09. The Morgan fingerprint density at radius 2 is 2.12 bits per heavy atom. The third-order valence-corrected chi connectivity index (χ3v) is 2.91. The van der Waals surface area contributed by atoms with Crippen molar-refractivity contribution in [2.45, 2.75) is 39.8 Å². The molecule has 0 unspecified atom stereocenters. The minimum Gasteiger partial charge on any atom is -0.328 e. The van der Waals surface area contributed by atoms with E-state index < -0.39 is 0 Å². The number of aromatic nitrogens is 2. The molecule has 1 aromatic carbocycles. The summed E-state index contributed by atoms with van der Waals surface area (Å²) in [5, 5.41) is 0. The largest absolute Gasteiger partial charge is 0.328 e. The zero-order chi connectivity index (χ0) is 11.7. The maximum absolute atomic E-state index is 5.64. The fraction of sp³-hybridized carbons (Fsp3) is 0.462. The quantitative estimate of drug-likeness (QED) is 0.859. The van der Waals surface area contributed by atoms with Crippen LogP contribution in [0, 0.1) is 0 Å². The highest BCUT2D eigenvalue weighted by Gasteiger charge is 2.12. The fourth-order valence-corrected chi connectivity index (χ4v) is 2.09. The van der Waals surface area contributed by atoms with Gasteiger partial charge in [0.1, 0.15) is 5.82 Å². The van der Waals surface area contributed by atoms with Gasteiger partial charge in [0.05, 0.1) is 11.0 Å². The molecule has 1 aromatic heterocycles. The molecule has 0 amide bonds. The van der Waals surface area contributed by atoms with Gasteiger partial charge < -0.3 is 10.3 Å². The van der Waals surface area contributed by atoms with Crippen molar-refractivity contribution in [3.63, 3.8) is 0 Å². The molecular formula is C13H19N3. The summed E-state index contributed by atoms with van der Waals surface area (Å²) in [5.74, 6) is 1.61. The van der Waals surface area contributed by atoms with Crippen molar-refractivity contribution in [2.24, 2.45) is 5.73 Å². The average Bonchev–Trinajstić information content (AvgIpc) is 2.66. The van der Waals surface area contributed by atoms with Crippen LogP contribution < -0.4 is 5.73 Å². The van der Waals surface area contributed by atoms with E-state index in [0.29, 0.717) is 12.5 Å². The molecule has 0 aliphatic carbocycles. The molecule has 0 aliphatic rings. The molecule has 2 N–H and O–H groups in total. The first-order chi connectivity index (χ1) is 7.67. The third-order valence-electron chi connectivity index (χ3n) is 2.91. The van der Waals surface area contributed by atoms with Gasteiger partial charge in [-0.25, -0.2) is 4.98 Å². The van der Waals surface area contributed by atoms with E-state index in [4.69, 9.17) is 10.7 Å². The molecule has 0 atom stereocenters. The predicted octanol–water partition coefficient (Wildman–Crippen LogP) is 2.64. The summed E-state index contributed by atoms with van der Waals surface area (Å²) in [4.78, 5) is 4.70. The molecule has 0 bridgehead atoms. The first-order valence-corrected chi connectivity index (χ1v) is 5.86. The summed E-state index contributed by atoms with van der Waals surface area (Å²) in [6.45, 7) is 8.05. The molecule has 2 rings (SSSR count). The monoisotopic (exact) mass is 217 g/mol. The van der Waals surface area contributed by atoms with E-state index in [-0.39, 0.29) is 0 Å². The molecule has 2 aromatic rings. The zero-order valence-electron chi connectivity index (χ0n) is 10.2. The highest BCUT2D eigenvalue weighted by molar-refractivity contribution is 5.77. The van der Waals surface area contributed by atoms with E-state index in [2.05, 4.69) is 43.5 Å². The lowest BCUT2D eigenvalue weighted by Crippen LogP contribution is -2.03. The number of aryl methyl sites for hydroxylation is 1. The van der Waals surface area contributed by atoms with Crippen molar-refractivity contribution in [1.29, 1.82) is 0 Å². The molecule has 3 nitrogen and oxygen atoms in total. The van der Waals surface area contributed by atoms with Gasteiger partial charge in [-0.05, 0) is 24.6 Å². The Bertz CT molecular complexity index is 497. The second-order valence-electron chi connectivity index (χ2n) is 4.40. The van der Waals surface area contributed by atoms with Crippen molar-refractivity contribution in [3.05, 3.63) is 29.6 Å². The van der Waals surface area contributed by atoms with Crippen LogP contribution in [0.5, 0.6) is 0 Å². The van der Waals surface area contributed by atoms with Gasteiger partial charge in [-0.15, -0.1) is 0 Å². The van der Waals surface area contributed by atoms with E-state index in [1.54, 1.807) is 0 Å². The summed E-state index contributed by atoms with van der Waals surface area (Å²) in [7, 11) is 0. The summed E-state index contributed by atoms with van der Waals surface area (Å²) < 4.78 is 2.28. The van der Waals surface area contributed by atoms with Gasteiger partial charge in [0.15, 0.2) is 0 Å². The van der Waals surface area contributed by atoms with Gasteiger partial charge in [0, 0.05) is 19.0 Å². The summed E-state index contributed by atoms with van der Waals surface area (Å²) in [6.07, 6.45) is 0. The smallest absolute Gasteiger partial charge is 0.112 e. The number of benzene rings is 1. The lowest BCUT2D eigenvalue weighted by Gasteiger charge is -2.08. The van der Waals surface area contributed by atoms with E-state index in [1.165, 1.54) is 5.52 Å². The van der Waals surface area contributed by atoms with Crippen molar-refractivity contribution in [2.75, 3.05) is 0 Å². The van der Waals surface area contributed by atoms with Crippen molar-refractivity contribution in [1.82, 2.24) is 9.55 Å². The number of hydrogen-bond donors (Lipinski definition) is 1. The number of hydrogen-bond acceptors (Lipinski definition) is 2. The first kappa shape index (κ1) is 11.1. The SMILES string of the molecule is CCn1c(C(C)C)nc2cc(CN)ccc21. The van der Waals surface area contributed by atoms with Crippen molar-refractivity contribution in [3.8, 4) is 0 Å². The Morgan fingerprint density at radius 3 is 2.69 bits per heavy atom. The number of nitrogens with zero attached hydrogens (tertiary/aromatic N) is 2. The average molecular weight is 217 g/mol. The standard InChI is InChI=1S/C13H19N3/c1-4-16-12-6-5-10(8-14)7-11(12)15-13(16)9(2)3/h5-7,9H,4,8,14H2,1-3H3. The van der Waals surface area contributed by atoms with E-state index in [0.717, 1.165) is 23.4 Å². The maximum atomic E-state index is 5.64. The van der Waals surface area contributed by atoms with Crippen LogP contribution in [-0.2, 0) is 13.1 Å². The highest BCUT2D eigenvalue weighted by Crippen LogP contribution is 2.22. The molecule has 0 radical (unpaired) electrons. The van der Waals surface area contributed by atoms with Gasteiger partial charge in [0.25, 0.3) is 0 Å². The molecule has 0 fully saturated rings. The Balaban J connectivity index is 2.66. The van der Waals surface area contributed by atoms with Crippen molar-refractivity contribution >= 4 is 11.0 Å². The van der Waals surface area contributed by atoms with Crippen LogP contribution in [-0.4, -0.2) is 9.55 Å². The van der Waals surface area contributed by atoms with Crippen LogP contribution in [0.4, 0.5) is 0 Å². The Kier molecular flexibility index (Phi) is 2.97. The molecule has 0 saturated carbocycles. The van der Waals surface area contributed by atoms with Crippen LogP contribution in [0.15, 0.2) is 18.2 Å². The van der Waals surface area contributed by atoms with Crippen molar-refractivity contribution < 1.29 is 0 Å². The topological polar surface area (TPSA) is 43.8 Å². The molecular weight excluding hydrogens is 198 g/mol. The Labute approximate surface area is 96.3 Å². The Hall–Kier alpha value is -1.35. The lowest BCUT2D eigenvalue weighted by molar-refractivity contribution is 0.667. The molecule has 3 heteroatoms. The molecule has 0 spiro atoms. The summed E-state index contributed by atoms with van der Waals surface area (Å²) in [6, 6.07) is 6.30. The number of imidazole rings is 1. The lowest BCUT2D eigenvalue weighted by atomic mass is 10.2. The zero-order valence-corrected chi connectivity index (χ0v) is 10.2. The van der Waals surface area contributed by atoms with Gasteiger partial charge in [-0.3, -0.25) is 0 Å². The third kappa shape index (κ3) is 1.71. The minimum absolute atomic E-state index is 0.452. The molecule has 0 saturated heterocycles. The van der Waals surface area contributed by atoms with E-state index in [1.807, 2.05) is 0 Å². The van der Waals surface area contributed by atoms with E-state index in [9.17, 15) is 0 Å². The second kappa shape index (κ2) is 4.26. The summed E-state index contributed by atoms with van der Waals surface area (Å²) >= 11 is 0. The van der Waals surface area contributed by atoms with Gasteiger partial charge in [-0.2, -0.15) is 0 Å². The molecule has 0 aliphatic heterocycles. The van der Waals surface area contributed by atoms with Gasteiger partial charge in [-0.1, -0.05) is 19.9 Å². The number of rotatable bonds is 3. The first-order valence-electron chi connectivity index (χ1n) is 5.86. The van der Waals surface area contributed by atoms with Crippen LogP contribution >= 0.6 is 0 Å². The van der Waals surface area contributed by atoms with Crippen LogP contribution in [0.1, 0.15) is 38.1 Å². The van der Waals surface area contributed by atoms with Gasteiger partial charge in [0.2, 0.25) is 0 Å². The normalized spacial score (nSPS) is 11.6. The van der Waals surface area contributed by atoms with Crippen LogP contribution in [0.25, 0.3) is 11.0 Å². The van der Waals surface area contributed by atoms with Crippen LogP contribution in [0.3, 0.4) is 0 Å². The Morgan fingerprint density at radius 1 is 1.38 bits per heavy atom. The highest BCUT2D eigenvalue weighted by atomic mass is 15.1. The van der Waals surface area contributed by atoms with Crippen LogP contribution in [0.2, 0.25) is 0 Å². The van der Waals surface area contributed by atoms with E-state index >= 15 is 0 Å². The second-order valence-corrected chi connectivity index (χ2v) is 4.40. The summed E-state index contributed by atoms with van der Waals surface area (Å²) in [5.41, 5.74) is 9.06. The molecule has 86 valence electrons. The van der Waals surface area contributed by atoms with Gasteiger partial charge >= 0.3 is 0 Å².